The molecule has 1 nitrogen and oxygen atoms in total. The van der Waals surface area contributed by atoms with E-state index in [1.807, 2.05) is 0 Å². The Hall–Kier alpha value is -1.63. The van der Waals surface area contributed by atoms with Crippen LogP contribution in [0.3, 0.4) is 0 Å². The van der Waals surface area contributed by atoms with Crippen LogP contribution in [-0.2, 0) is 0 Å². The summed E-state index contributed by atoms with van der Waals surface area (Å²) >= 11 is 0. The van der Waals surface area contributed by atoms with Gasteiger partial charge in [0.15, 0.2) is 0 Å². The van der Waals surface area contributed by atoms with Gasteiger partial charge in [-0.15, -0.1) is 0 Å². The van der Waals surface area contributed by atoms with Crippen molar-refractivity contribution in [1.29, 1.82) is 0 Å². The molecule has 1 unspecified atom stereocenters. The maximum atomic E-state index is 4.31. The van der Waals surface area contributed by atoms with Gasteiger partial charge in [0.1, 0.15) is 0 Å². The van der Waals surface area contributed by atoms with Crippen LogP contribution in [0.5, 0.6) is 0 Å². The average molecular weight is 209 g/mol. The predicted molar refractivity (Wildman–Crippen MR) is 69.3 cm³/mol. The standard InChI is InChI=1S/C15H15N/c1-2-6-14-12(4-1)5-3-7-15(14)13-8-10-16-11-9-13/h1-7,10,13H,8-9,11H2. The normalized spacial score (nSPS) is 20.1. The Morgan fingerprint density at radius 3 is 2.75 bits per heavy atom. The second kappa shape index (κ2) is 4.09. The van der Waals surface area contributed by atoms with Crippen molar-refractivity contribution in [3.05, 3.63) is 48.0 Å². The molecule has 0 bridgehead atoms. The van der Waals surface area contributed by atoms with Gasteiger partial charge < -0.3 is 0 Å². The lowest BCUT2D eigenvalue weighted by molar-refractivity contribution is 0.642. The van der Waals surface area contributed by atoms with E-state index in [1.54, 1.807) is 0 Å². The van der Waals surface area contributed by atoms with Gasteiger partial charge in [-0.3, -0.25) is 4.99 Å². The Morgan fingerprint density at radius 1 is 1.00 bits per heavy atom. The van der Waals surface area contributed by atoms with Gasteiger partial charge in [-0.25, -0.2) is 0 Å². The lowest BCUT2D eigenvalue weighted by atomic mass is 9.88. The first-order valence-corrected chi connectivity index (χ1v) is 5.91. The quantitative estimate of drug-likeness (QED) is 0.677. The number of aliphatic imine (C=N–C) groups is 1. The molecule has 0 amide bonds. The summed E-state index contributed by atoms with van der Waals surface area (Å²) < 4.78 is 0. The van der Waals surface area contributed by atoms with Gasteiger partial charge >= 0.3 is 0 Å². The smallest absolute Gasteiger partial charge is 0.0391 e. The van der Waals surface area contributed by atoms with Crippen molar-refractivity contribution in [3.63, 3.8) is 0 Å². The van der Waals surface area contributed by atoms with Crippen LogP contribution in [0.4, 0.5) is 0 Å². The molecule has 0 aliphatic carbocycles. The molecule has 0 radical (unpaired) electrons. The fourth-order valence-corrected chi connectivity index (χ4v) is 2.53. The van der Waals surface area contributed by atoms with Crippen molar-refractivity contribution in [2.75, 3.05) is 6.54 Å². The van der Waals surface area contributed by atoms with Crippen LogP contribution in [-0.4, -0.2) is 12.8 Å². The monoisotopic (exact) mass is 209 g/mol. The number of hydrogen-bond donors (Lipinski definition) is 0. The van der Waals surface area contributed by atoms with E-state index < -0.39 is 0 Å². The van der Waals surface area contributed by atoms with Gasteiger partial charge in [-0.05, 0) is 41.3 Å². The highest BCUT2D eigenvalue weighted by Gasteiger charge is 2.14. The molecule has 1 aliphatic heterocycles. The third kappa shape index (κ3) is 1.63. The molecule has 0 saturated heterocycles. The molecule has 0 saturated carbocycles. The average Bonchev–Trinajstić information content (AvgIpc) is 2.39. The largest absolute Gasteiger partial charge is 0.297 e. The Kier molecular flexibility index (Phi) is 2.45. The summed E-state index contributed by atoms with van der Waals surface area (Å²) in [5, 5.41) is 2.76. The predicted octanol–water partition coefficient (Wildman–Crippen LogP) is 3.79. The Balaban J connectivity index is 2.12. The first-order valence-electron chi connectivity index (χ1n) is 5.91. The van der Waals surface area contributed by atoms with Gasteiger partial charge in [0.25, 0.3) is 0 Å². The zero-order valence-electron chi connectivity index (χ0n) is 9.26. The summed E-state index contributed by atoms with van der Waals surface area (Å²) in [6, 6.07) is 15.3. The molecule has 3 rings (SSSR count). The van der Waals surface area contributed by atoms with Gasteiger partial charge in [0.05, 0.1) is 0 Å². The molecule has 80 valence electrons. The van der Waals surface area contributed by atoms with Gasteiger partial charge in [0.2, 0.25) is 0 Å². The molecule has 1 atom stereocenters. The topological polar surface area (TPSA) is 12.4 Å². The molecule has 2 aromatic rings. The highest BCUT2D eigenvalue weighted by Crippen LogP contribution is 2.31. The van der Waals surface area contributed by atoms with E-state index in [1.165, 1.54) is 22.8 Å². The Labute approximate surface area is 95.8 Å². The van der Waals surface area contributed by atoms with Crippen LogP contribution in [0, 0.1) is 0 Å². The van der Waals surface area contributed by atoms with E-state index in [0.717, 1.165) is 13.0 Å². The summed E-state index contributed by atoms with van der Waals surface area (Å²) in [5.74, 6) is 0.656. The van der Waals surface area contributed by atoms with Crippen LogP contribution in [0.2, 0.25) is 0 Å². The van der Waals surface area contributed by atoms with Crippen LogP contribution < -0.4 is 0 Å². The first kappa shape index (κ1) is 9.59. The lowest BCUT2D eigenvalue weighted by Gasteiger charge is -2.19. The van der Waals surface area contributed by atoms with Crippen molar-refractivity contribution in [1.82, 2.24) is 0 Å². The lowest BCUT2D eigenvalue weighted by Crippen LogP contribution is -2.07. The molecule has 1 heterocycles. The van der Waals surface area contributed by atoms with Crippen LogP contribution >= 0.6 is 0 Å². The summed E-state index contributed by atoms with van der Waals surface area (Å²) in [6.45, 7) is 0.980. The zero-order valence-corrected chi connectivity index (χ0v) is 9.26. The number of hydrogen-bond acceptors (Lipinski definition) is 1. The summed E-state index contributed by atoms with van der Waals surface area (Å²) in [5.41, 5.74) is 1.49. The minimum atomic E-state index is 0.656. The molecule has 16 heavy (non-hydrogen) atoms. The van der Waals surface area contributed by atoms with Crippen molar-refractivity contribution in [3.8, 4) is 0 Å². The van der Waals surface area contributed by atoms with E-state index in [9.17, 15) is 0 Å². The number of nitrogens with zero attached hydrogens (tertiary/aromatic N) is 1. The van der Waals surface area contributed by atoms with E-state index in [-0.39, 0.29) is 0 Å². The number of rotatable bonds is 1. The highest BCUT2D eigenvalue weighted by molar-refractivity contribution is 5.86. The van der Waals surface area contributed by atoms with E-state index in [2.05, 4.69) is 53.7 Å². The summed E-state index contributed by atoms with van der Waals surface area (Å²) in [7, 11) is 0. The van der Waals surface area contributed by atoms with Crippen molar-refractivity contribution in [2.24, 2.45) is 4.99 Å². The van der Waals surface area contributed by atoms with Gasteiger partial charge in [-0.2, -0.15) is 0 Å². The van der Waals surface area contributed by atoms with Gasteiger partial charge in [0, 0.05) is 6.54 Å². The maximum absolute atomic E-state index is 4.31. The SMILES string of the molecule is C1=NCCC(c2cccc3ccccc23)C1. The highest BCUT2D eigenvalue weighted by atomic mass is 14.7. The Morgan fingerprint density at radius 2 is 1.88 bits per heavy atom. The fraction of sp³-hybridized carbons (Fsp3) is 0.267. The minimum absolute atomic E-state index is 0.656. The zero-order chi connectivity index (χ0) is 10.8. The first-order chi connectivity index (χ1) is 7.95. The maximum Gasteiger partial charge on any atom is 0.0391 e. The van der Waals surface area contributed by atoms with Crippen LogP contribution in [0.1, 0.15) is 24.3 Å². The van der Waals surface area contributed by atoms with Crippen LogP contribution in [0.15, 0.2) is 47.5 Å². The molecule has 0 N–H and O–H groups in total. The fourth-order valence-electron chi connectivity index (χ4n) is 2.53. The number of benzene rings is 2. The molecule has 2 aromatic carbocycles. The minimum Gasteiger partial charge on any atom is -0.297 e. The molecule has 0 spiro atoms. The van der Waals surface area contributed by atoms with Crippen molar-refractivity contribution < 1.29 is 0 Å². The molecule has 1 aliphatic rings. The molecular formula is C15H15N. The van der Waals surface area contributed by atoms with Gasteiger partial charge in [-0.1, -0.05) is 42.5 Å². The Bertz CT molecular complexity index is 522. The molecule has 0 fully saturated rings. The summed E-state index contributed by atoms with van der Waals surface area (Å²) in [4.78, 5) is 4.31. The van der Waals surface area contributed by atoms with E-state index in [4.69, 9.17) is 0 Å². The van der Waals surface area contributed by atoms with E-state index >= 15 is 0 Å². The van der Waals surface area contributed by atoms with Crippen molar-refractivity contribution >= 4 is 17.0 Å². The summed E-state index contributed by atoms with van der Waals surface area (Å²) in [6.07, 6.45) is 4.36. The second-order valence-corrected chi connectivity index (χ2v) is 4.38. The second-order valence-electron chi connectivity index (χ2n) is 4.38. The number of fused-ring (bicyclic) bond motifs is 1. The molecule has 1 heteroatoms. The third-order valence-electron chi connectivity index (χ3n) is 3.39. The van der Waals surface area contributed by atoms with Crippen LogP contribution in [0.25, 0.3) is 10.8 Å². The van der Waals surface area contributed by atoms with E-state index in [0.29, 0.717) is 5.92 Å². The van der Waals surface area contributed by atoms with Crippen molar-refractivity contribution in [2.45, 2.75) is 18.8 Å². The molecular weight excluding hydrogens is 194 g/mol. The molecule has 0 aromatic heterocycles. The third-order valence-corrected chi connectivity index (χ3v) is 3.39.